The molecule has 1 heterocycles. The molecule has 0 bridgehead atoms. The van der Waals surface area contributed by atoms with Crippen LogP contribution in [0.1, 0.15) is 18.1 Å². The molecule has 1 N–H and O–H groups in total. The lowest BCUT2D eigenvalue weighted by Crippen LogP contribution is -1.83. The second-order valence-corrected chi connectivity index (χ2v) is 5.07. The van der Waals surface area contributed by atoms with Gasteiger partial charge in [0.05, 0.1) is 11.7 Å². The number of carbonyl (C=O) groups excluding carboxylic acids is 1. The second kappa shape index (κ2) is 5.19. The number of nitrogens with zero attached hydrogens (tertiary/aromatic N) is 1. The van der Waals surface area contributed by atoms with Crippen molar-refractivity contribution in [3.63, 3.8) is 0 Å². The van der Waals surface area contributed by atoms with E-state index < -0.39 is 0 Å². The minimum atomic E-state index is 0.150. The van der Waals surface area contributed by atoms with E-state index in [1.165, 1.54) is 22.9 Å². The summed E-state index contributed by atoms with van der Waals surface area (Å²) >= 11 is 1.32. The monoisotopic (exact) mass is 246 g/mol. The van der Waals surface area contributed by atoms with Crippen molar-refractivity contribution < 1.29 is 4.79 Å². The van der Waals surface area contributed by atoms with Crippen LogP contribution in [-0.4, -0.2) is 21.1 Å². The summed E-state index contributed by atoms with van der Waals surface area (Å²) in [5.74, 6) is 0.720. The van der Waals surface area contributed by atoms with Crippen molar-refractivity contribution in [2.24, 2.45) is 0 Å². The van der Waals surface area contributed by atoms with Gasteiger partial charge in [0.1, 0.15) is 0 Å². The molecule has 0 unspecified atom stereocenters. The number of rotatable bonds is 3. The first-order valence-corrected chi connectivity index (χ1v) is 6.39. The molecule has 2 rings (SSSR count). The Kier molecular flexibility index (Phi) is 3.64. The van der Waals surface area contributed by atoms with Crippen molar-refractivity contribution in [3.8, 4) is 0 Å². The molecule has 0 saturated heterocycles. The quantitative estimate of drug-likeness (QED) is 0.904. The minimum Gasteiger partial charge on any atom is -0.288 e. The summed E-state index contributed by atoms with van der Waals surface area (Å²) in [6.07, 6.45) is 5.88. The highest BCUT2D eigenvalue weighted by Gasteiger charge is 2.00. The molecule has 0 fully saturated rings. The van der Waals surface area contributed by atoms with E-state index in [0.29, 0.717) is 0 Å². The molecular weight excluding hydrogens is 232 g/mol. The standard InChI is InChI=1S/C13H14N2OS/c1-9-6-13-12(8-14-15-13)7-11(9)4-3-5-17-10(2)16/h3-4,6-8H,5H2,1-2H3,(H,14,15). The first-order chi connectivity index (χ1) is 8.16. The van der Waals surface area contributed by atoms with Crippen LogP contribution in [0.3, 0.4) is 0 Å². The average molecular weight is 246 g/mol. The summed E-state index contributed by atoms with van der Waals surface area (Å²) in [5.41, 5.74) is 3.42. The Morgan fingerprint density at radius 2 is 2.35 bits per heavy atom. The number of H-pyrrole nitrogens is 1. The van der Waals surface area contributed by atoms with Crippen molar-refractivity contribution in [2.45, 2.75) is 13.8 Å². The van der Waals surface area contributed by atoms with Gasteiger partial charge in [-0.05, 0) is 30.2 Å². The van der Waals surface area contributed by atoms with Crippen LogP contribution in [0.4, 0.5) is 0 Å². The normalized spacial score (nSPS) is 11.4. The number of hydrogen-bond acceptors (Lipinski definition) is 3. The first-order valence-electron chi connectivity index (χ1n) is 5.40. The number of aryl methyl sites for hydroxylation is 1. The first kappa shape index (κ1) is 11.9. The molecule has 4 heteroatoms. The van der Waals surface area contributed by atoms with E-state index in [9.17, 15) is 4.79 Å². The van der Waals surface area contributed by atoms with Gasteiger partial charge < -0.3 is 0 Å². The summed E-state index contributed by atoms with van der Waals surface area (Å²) in [6, 6.07) is 4.18. The molecule has 1 aromatic carbocycles. The number of nitrogens with one attached hydrogen (secondary N) is 1. The van der Waals surface area contributed by atoms with E-state index in [2.05, 4.69) is 35.3 Å². The third kappa shape index (κ3) is 2.97. The molecular formula is C13H14N2OS. The van der Waals surface area contributed by atoms with Gasteiger partial charge in [-0.3, -0.25) is 9.89 Å². The number of fused-ring (bicyclic) bond motifs is 1. The van der Waals surface area contributed by atoms with Crippen molar-refractivity contribution >= 4 is 33.9 Å². The predicted molar refractivity (Wildman–Crippen MR) is 73.0 cm³/mol. The number of benzene rings is 1. The number of hydrogen-bond donors (Lipinski definition) is 1. The lowest BCUT2D eigenvalue weighted by Gasteiger charge is -2.00. The molecule has 0 radical (unpaired) electrons. The van der Waals surface area contributed by atoms with Gasteiger partial charge in [0.25, 0.3) is 0 Å². The molecule has 3 nitrogen and oxygen atoms in total. The highest BCUT2D eigenvalue weighted by Crippen LogP contribution is 2.19. The van der Waals surface area contributed by atoms with Gasteiger partial charge in [0.2, 0.25) is 0 Å². The zero-order valence-corrected chi connectivity index (χ0v) is 10.7. The molecule has 17 heavy (non-hydrogen) atoms. The van der Waals surface area contributed by atoms with Gasteiger partial charge in [-0.1, -0.05) is 23.9 Å². The Morgan fingerprint density at radius 3 is 3.12 bits per heavy atom. The summed E-state index contributed by atoms with van der Waals surface area (Å²) < 4.78 is 0. The molecule has 0 amide bonds. The molecule has 88 valence electrons. The molecule has 0 aliphatic heterocycles. The average Bonchev–Trinajstić information content (AvgIpc) is 2.71. The number of aromatic nitrogens is 2. The fraction of sp³-hybridized carbons (Fsp3) is 0.231. The maximum absolute atomic E-state index is 10.8. The van der Waals surface area contributed by atoms with Crippen molar-refractivity contribution in [1.82, 2.24) is 10.2 Å². The largest absolute Gasteiger partial charge is 0.288 e. The Bertz CT molecular complexity index is 572. The van der Waals surface area contributed by atoms with E-state index in [1.807, 2.05) is 12.3 Å². The van der Waals surface area contributed by atoms with Crippen LogP contribution in [0.15, 0.2) is 24.4 Å². The molecule has 2 aromatic rings. The van der Waals surface area contributed by atoms with Gasteiger partial charge in [0.15, 0.2) is 5.12 Å². The molecule has 0 spiro atoms. The molecule has 0 aliphatic rings. The Balaban J connectivity index is 2.17. The van der Waals surface area contributed by atoms with Crippen LogP contribution in [0.2, 0.25) is 0 Å². The SMILES string of the molecule is CC(=O)SCC=Cc1cc2cn[nH]c2cc1C. The third-order valence-corrected chi connectivity index (χ3v) is 3.27. The molecule has 1 aromatic heterocycles. The smallest absolute Gasteiger partial charge is 0.186 e. The van der Waals surface area contributed by atoms with E-state index in [4.69, 9.17) is 0 Å². The molecule has 0 saturated carbocycles. The minimum absolute atomic E-state index is 0.150. The van der Waals surface area contributed by atoms with Crippen molar-refractivity contribution in [2.75, 3.05) is 5.75 Å². The summed E-state index contributed by atoms with van der Waals surface area (Å²) in [4.78, 5) is 10.8. The van der Waals surface area contributed by atoms with Crippen molar-refractivity contribution in [3.05, 3.63) is 35.5 Å². The van der Waals surface area contributed by atoms with Crippen LogP contribution in [0, 0.1) is 6.92 Å². The van der Waals surface area contributed by atoms with Crippen LogP contribution >= 0.6 is 11.8 Å². The predicted octanol–water partition coefficient (Wildman–Crippen LogP) is 3.16. The highest BCUT2D eigenvalue weighted by atomic mass is 32.2. The summed E-state index contributed by atoms with van der Waals surface area (Å²) in [5, 5.41) is 8.21. The van der Waals surface area contributed by atoms with Crippen LogP contribution in [0.25, 0.3) is 17.0 Å². The maximum Gasteiger partial charge on any atom is 0.186 e. The Hall–Kier alpha value is -1.55. The van der Waals surface area contributed by atoms with Crippen LogP contribution < -0.4 is 0 Å². The number of thioether (sulfide) groups is 1. The Labute approximate surface area is 104 Å². The molecule has 0 aliphatic carbocycles. The van der Waals surface area contributed by atoms with Gasteiger partial charge in [-0.25, -0.2) is 0 Å². The van der Waals surface area contributed by atoms with E-state index in [1.54, 1.807) is 6.92 Å². The summed E-state index contributed by atoms with van der Waals surface area (Å²) in [6.45, 7) is 3.65. The fourth-order valence-electron chi connectivity index (χ4n) is 1.64. The second-order valence-electron chi connectivity index (χ2n) is 3.87. The van der Waals surface area contributed by atoms with Gasteiger partial charge in [-0.2, -0.15) is 5.10 Å². The third-order valence-electron chi connectivity index (χ3n) is 2.51. The number of aromatic amines is 1. The number of carbonyl (C=O) groups is 1. The lowest BCUT2D eigenvalue weighted by atomic mass is 10.1. The lowest BCUT2D eigenvalue weighted by molar-refractivity contribution is -0.109. The fourth-order valence-corrected chi connectivity index (χ4v) is 2.06. The van der Waals surface area contributed by atoms with E-state index in [-0.39, 0.29) is 5.12 Å². The van der Waals surface area contributed by atoms with Crippen LogP contribution in [0.5, 0.6) is 0 Å². The van der Waals surface area contributed by atoms with Crippen molar-refractivity contribution in [1.29, 1.82) is 0 Å². The topological polar surface area (TPSA) is 45.8 Å². The van der Waals surface area contributed by atoms with Gasteiger partial charge >= 0.3 is 0 Å². The van der Waals surface area contributed by atoms with E-state index >= 15 is 0 Å². The van der Waals surface area contributed by atoms with Gasteiger partial charge in [-0.15, -0.1) is 0 Å². The van der Waals surface area contributed by atoms with Crippen LogP contribution in [-0.2, 0) is 4.79 Å². The zero-order chi connectivity index (χ0) is 12.3. The van der Waals surface area contributed by atoms with E-state index in [0.717, 1.165) is 16.7 Å². The highest BCUT2D eigenvalue weighted by molar-refractivity contribution is 8.13. The van der Waals surface area contributed by atoms with Gasteiger partial charge in [0, 0.05) is 18.1 Å². The molecule has 0 atom stereocenters. The maximum atomic E-state index is 10.8. The Morgan fingerprint density at radius 1 is 1.53 bits per heavy atom. The summed E-state index contributed by atoms with van der Waals surface area (Å²) in [7, 11) is 0. The zero-order valence-electron chi connectivity index (χ0n) is 9.86.